The molecule has 2 aliphatic heterocycles. The molecule has 2 atom stereocenters. The van der Waals surface area contributed by atoms with Crippen molar-refractivity contribution in [2.45, 2.75) is 33.6 Å². The van der Waals surface area contributed by atoms with E-state index >= 15 is 0 Å². The number of thioether (sulfide) groups is 2. The normalized spacial score (nSPS) is 21.8. The highest BCUT2D eigenvalue weighted by Crippen LogP contribution is 2.30. The van der Waals surface area contributed by atoms with Gasteiger partial charge in [0, 0.05) is 45.1 Å². The first-order chi connectivity index (χ1) is 13.3. The van der Waals surface area contributed by atoms with E-state index in [4.69, 9.17) is 0 Å². The molecule has 0 aliphatic carbocycles. The quantitative estimate of drug-likeness (QED) is 0.640. The Morgan fingerprint density at radius 3 is 1.52 bits per heavy atom. The van der Waals surface area contributed by atoms with Gasteiger partial charge in [0.15, 0.2) is 11.0 Å². The molecule has 2 heterocycles. The van der Waals surface area contributed by atoms with E-state index in [1.807, 2.05) is 36.0 Å². The number of benzene rings is 2. The molecular weight excluding hydrogens is 392 g/mol. The Hall–Kier alpha value is -1.57. The van der Waals surface area contributed by atoms with Crippen molar-refractivity contribution in [3.8, 4) is 0 Å². The highest BCUT2D eigenvalue weighted by Gasteiger charge is 2.10. The van der Waals surface area contributed by atoms with Crippen molar-refractivity contribution in [1.29, 1.82) is 0 Å². The van der Waals surface area contributed by atoms with Crippen LogP contribution in [0.4, 0.5) is 11.4 Å². The van der Waals surface area contributed by atoms with Crippen molar-refractivity contribution in [1.82, 2.24) is 0 Å². The van der Waals surface area contributed by atoms with E-state index in [0.29, 0.717) is 0 Å². The lowest BCUT2D eigenvalue weighted by Gasteiger charge is -2.18. The third-order valence-electron chi connectivity index (χ3n) is 4.05. The number of nitrogens with zero attached hydrogens (tertiary/aromatic N) is 2. The molecule has 2 unspecified atom stereocenters. The van der Waals surface area contributed by atoms with Crippen LogP contribution in [0, 0.1) is 0 Å². The Labute approximate surface area is 173 Å². The van der Waals surface area contributed by atoms with Crippen LogP contribution in [-0.2, 0) is 0 Å². The molecule has 4 nitrogen and oxygen atoms in total. The van der Waals surface area contributed by atoms with Gasteiger partial charge < -0.3 is 10.6 Å². The summed E-state index contributed by atoms with van der Waals surface area (Å²) in [7, 11) is 0. The maximum absolute atomic E-state index is 4.47. The summed E-state index contributed by atoms with van der Waals surface area (Å²) in [5.74, 6) is 2.26. The van der Waals surface area contributed by atoms with Gasteiger partial charge >= 0.3 is 0 Å². The van der Waals surface area contributed by atoms with Gasteiger partial charge in [-0.15, -0.1) is 23.5 Å². The zero-order valence-corrected chi connectivity index (χ0v) is 17.3. The van der Waals surface area contributed by atoms with Crippen molar-refractivity contribution in [3.05, 3.63) is 48.5 Å². The average molecular weight is 415 g/mol. The second kappa shape index (κ2) is 9.57. The van der Waals surface area contributed by atoms with E-state index in [0.717, 1.165) is 35.7 Å². The standard InChI is InChI=1S/C20H22N4S3/c1-11-21-19(25-13-1)23-15-3-7-17(8-4-15)27-18-9-5-16(6-10-18)24-20-22-12-2-14-26-20/h3-12,19-20,23-24H,1-2,13-14H2. The van der Waals surface area contributed by atoms with Crippen molar-refractivity contribution in [2.75, 3.05) is 22.1 Å². The van der Waals surface area contributed by atoms with Crippen LogP contribution in [0.15, 0.2) is 68.3 Å². The molecule has 2 aromatic carbocycles. The topological polar surface area (TPSA) is 48.8 Å². The number of anilines is 2. The van der Waals surface area contributed by atoms with Crippen LogP contribution >= 0.6 is 35.3 Å². The molecule has 2 aliphatic rings. The van der Waals surface area contributed by atoms with E-state index < -0.39 is 0 Å². The highest BCUT2D eigenvalue weighted by molar-refractivity contribution is 8.00. The van der Waals surface area contributed by atoms with Crippen LogP contribution in [-0.4, -0.2) is 34.9 Å². The molecule has 0 amide bonds. The van der Waals surface area contributed by atoms with Gasteiger partial charge in [-0.25, -0.2) is 0 Å². The number of nitrogens with one attached hydrogen (secondary N) is 2. The summed E-state index contributed by atoms with van der Waals surface area (Å²) in [5, 5.41) is 6.90. The predicted octanol–water partition coefficient (Wildman–Crippen LogP) is 5.64. The maximum Gasteiger partial charge on any atom is 0.166 e. The molecule has 0 saturated heterocycles. The summed E-state index contributed by atoms with van der Waals surface area (Å²) in [4.78, 5) is 11.4. The number of hydrogen-bond acceptors (Lipinski definition) is 7. The summed E-state index contributed by atoms with van der Waals surface area (Å²) >= 11 is 5.47. The zero-order chi connectivity index (χ0) is 18.3. The molecule has 0 radical (unpaired) electrons. The Morgan fingerprint density at radius 2 is 1.15 bits per heavy atom. The Balaban J connectivity index is 1.31. The minimum Gasteiger partial charge on any atom is -0.355 e. The largest absolute Gasteiger partial charge is 0.355 e. The van der Waals surface area contributed by atoms with Gasteiger partial charge in [-0.05, 0) is 61.4 Å². The minimum absolute atomic E-state index is 0.143. The van der Waals surface area contributed by atoms with E-state index in [2.05, 4.69) is 69.1 Å². The fourth-order valence-electron chi connectivity index (χ4n) is 2.71. The third-order valence-corrected chi connectivity index (χ3v) is 7.12. The third kappa shape index (κ3) is 5.70. The van der Waals surface area contributed by atoms with Gasteiger partial charge in [0.05, 0.1) is 0 Å². The van der Waals surface area contributed by atoms with Gasteiger partial charge in [0.2, 0.25) is 0 Å². The lowest BCUT2D eigenvalue weighted by Crippen LogP contribution is -2.16. The van der Waals surface area contributed by atoms with Crippen molar-refractivity contribution >= 4 is 59.1 Å². The van der Waals surface area contributed by atoms with Crippen LogP contribution in [0.1, 0.15) is 12.8 Å². The maximum atomic E-state index is 4.47. The number of aliphatic imine (C=N–C) groups is 2. The summed E-state index contributed by atoms with van der Waals surface area (Å²) in [6.07, 6.45) is 6.16. The first-order valence-electron chi connectivity index (χ1n) is 9.03. The second-order valence-electron chi connectivity index (χ2n) is 6.13. The predicted molar refractivity (Wildman–Crippen MR) is 123 cm³/mol. The smallest absolute Gasteiger partial charge is 0.166 e. The second-order valence-corrected chi connectivity index (χ2v) is 9.65. The van der Waals surface area contributed by atoms with Crippen LogP contribution in [0.3, 0.4) is 0 Å². The molecule has 0 saturated carbocycles. The number of rotatable bonds is 6. The van der Waals surface area contributed by atoms with Crippen LogP contribution in [0.25, 0.3) is 0 Å². The van der Waals surface area contributed by atoms with Gasteiger partial charge in [-0.2, -0.15) is 0 Å². The van der Waals surface area contributed by atoms with E-state index in [1.165, 1.54) is 9.79 Å². The van der Waals surface area contributed by atoms with Crippen molar-refractivity contribution in [3.63, 3.8) is 0 Å². The number of hydrogen-bond donors (Lipinski definition) is 2. The van der Waals surface area contributed by atoms with Gasteiger partial charge in [-0.3, -0.25) is 9.98 Å². The van der Waals surface area contributed by atoms with Crippen molar-refractivity contribution in [2.24, 2.45) is 9.98 Å². The summed E-state index contributed by atoms with van der Waals surface area (Å²) in [6, 6.07) is 17.1. The summed E-state index contributed by atoms with van der Waals surface area (Å²) < 4.78 is 0. The summed E-state index contributed by atoms with van der Waals surface area (Å²) in [5.41, 5.74) is 2.51. The van der Waals surface area contributed by atoms with E-state index in [1.54, 1.807) is 11.8 Å². The fourth-order valence-corrected chi connectivity index (χ4v) is 5.24. The molecular formula is C20H22N4S3. The van der Waals surface area contributed by atoms with E-state index in [9.17, 15) is 0 Å². The van der Waals surface area contributed by atoms with E-state index in [-0.39, 0.29) is 11.0 Å². The average Bonchev–Trinajstić information content (AvgIpc) is 2.73. The van der Waals surface area contributed by atoms with Gasteiger partial charge in [0.1, 0.15) is 0 Å². The van der Waals surface area contributed by atoms with Crippen molar-refractivity contribution < 1.29 is 0 Å². The molecule has 140 valence electrons. The molecule has 2 aromatic rings. The molecule has 0 spiro atoms. The fraction of sp³-hybridized carbons (Fsp3) is 0.300. The lowest BCUT2D eigenvalue weighted by atomic mass is 10.3. The minimum atomic E-state index is 0.143. The molecule has 4 rings (SSSR count). The lowest BCUT2D eigenvalue weighted by molar-refractivity contribution is 1.03. The van der Waals surface area contributed by atoms with Crippen LogP contribution < -0.4 is 10.6 Å². The molecule has 2 N–H and O–H groups in total. The summed E-state index contributed by atoms with van der Waals surface area (Å²) in [6.45, 7) is 0. The molecule has 0 bridgehead atoms. The Kier molecular flexibility index (Phi) is 6.66. The molecule has 7 heteroatoms. The van der Waals surface area contributed by atoms with Gasteiger partial charge in [0.25, 0.3) is 0 Å². The van der Waals surface area contributed by atoms with Gasteiger partial charge in [-0.1, -0.05) is 11.8 Å². The van der Waals surface area contributed by atoms with Crippen LogP contribution in [0.5, 0.6) is 0 Å². The zero-order valence-electron chi connectivity index (χ0n) is 14.9. The molecule has 0 aromatic heterocycles. The SMILES string of the molecule is C1=NC(Nc2ccc(Sc3ccc(NC4N=CCCS4)cc3)cc2)SCC1. The molecule has 27 heavy (non-hydrogen) atoms. The molecule has 0 fully saturated rings. The Morgan fingerprint density at radius 1 is 0.704 bits per heavy atom. The first-order valence-corrected chi connectivity index (χ1v) is 11.9. The first kappa shape index (κ1) is 18.8. The monoisotopic (exact) mass is 414 g/mol. The van der Waals surface area contributed by atoms with Crippen LogP contribution in [0.2, 0.25) is 0 Å². The Bertz CT molecular complexity index is 722. The highest BCUT2D eigenvalue weighted by atomic mass is 32.2.